The molecule has 0 spiro atoms. The van der Waals surface area contributed by atoms with Gasteiger partial charge in [0.1, 0.15) is 12.4 Å². The Morgan fingerprint density at radius 3 is 2.36 bits per heavy atom. The van der Waals surface area contributed by atoms with Gasteiger partial charge in [-0.15, -0.1) is 0 Å². The van der Waals surface area contributed by atoms with Crippen LogP contribution in [0.15, 0.2) is 78.9 Å². The lowest BCUT2D eigenvalue weighted by Gasteiger charge is -2.09. The molecule has 1 heterocycles. The molecule has 3 aromatic carbocycles. The van der Waals surface area contributed by atoms with Crippen molar-refractivity contribution in [2.24, 2.45) is 0 Å². The molecule has 0 fully saturated rings. The fourth-order valence-electron chi connectivity index (χ4n) is 3.46. The van der Waals surface area contributed by atoms with Crippen LogP contribution in [0.5, 0.6) is 5.75 Å². The van der Waals surface area contributed by atoms with Gasteiger partial charge in [0.15, 0.2) is 5.78 Å². The number of benzene rings is 3. The van der Waals surface area contributed by atoms with Crippen LogP contribution in [0.25, 0.3) is 17.2 Å². The van der Waals surface area contributed by atoms with E-state index in [-0.39, 0.29) is 5.78 Å². The van der Waals surface area contributed by atoms with E-state index in [9.17, 15) is 4.79 Å². The molecule has 2 nitrogen and oxygen atoms in total. The first kappa shape index (κ1) is 18.0. The zero-order valence-corrected chi connectivity index (χ0v) is 16.1. The molecule has 0 saturated carbocycles. The number of hydrogen-bond donors (Lipinski definition) is 0. The van der Waals surface area contributed by atoms with Gasteiger partial charge >= 0.3 is 0 Å². The summed E-state index contributed by atoms with van der Waals surface area (Å²) in [5, 5.41) is 0. The summed E-state index contributed by atoms with van der Waals surface area (Å²) < 4.78 is 5.94. The van der Waals surface area contributed by atoms with Crippen LogP contribution in [0.4, 0.5) is 0 Å². The molecule has 0 amide bonds. The molecule has 0 saturated heterocycles. The minimum Gasteiger partial charge on any atom is -0.488 e. The van der Waals surface area contributed by atoms with Gasteiger partial charge in [-0.05, 0) is 42.7 Å². The normalized spacial score (nSPS) is 14.6. The third-order valence-electron chi connectivity index (χ3n) is 5.00. The minimum atomic E-state index is 0.0748. The molecular formula is C26H22O2. The van der Waals surface area contributed by atoms with E-state index < -0.39 is 0 Å². The van der Waals surface area contributed by atoms with Crippen molar-refractivity contribution in [2.45, 2.75) is 13.8 Å². The van der Waals surface area contributed by atoms with Gasteiger partial charge in [0.05, 0.1) is 0 Å². The van der Waals surface area contributed by atoms with Crippen molar-refractivity contribution < 1.29 is 9.53 Å². The Balaban J connectivity index is 1.84. The molecular weight excluding hydrogens is 344 g/mol. The first-order valence-corrected chi connectivity index (χ1v) is 9.43. The minimum absolute atomic E-state index is 0.0748. The van der Waals surface area contributed by atoms with E-state index >= 15 is 0 Å². The van der Waals surface area contributed by atoms with Crippen molar-refractivity contribution in [1.82, 2.24) is 0 Å². The molecule has 138 valence electrons. The van der Waals surface area contributed by atoms with Gasteiger partial charge in [0.25, 0.3) is 0 Å². The number of ether oxygens (including phenoxy) is 1. The predicted molar refractivity (Wildman–Crippen MR) is 115 cm³/mol. The van der Waals surface area contributed by atoms with Gasteiger partial charge in [-0.2, -0.15) is 0 Å². The maximum Gasteiger partial charge on any atom is 0.159 e. The highest BCUT2D eigenvalue weighted by Gasteiger charge is 2.21. The smallest absolute Gasteiger partial charge is 0.159 e. The number of ketones is 1. The maximum atomic E-state index is 11.6. The monoisotopic (exact) mass is 366 g/mol. The average Bonchev–Trinajstić information content (AvgIpc) is 3.12. The second-order valence-corrected chi connectivity index (χ2v) is 7.06. The van der Waals surface area contributed by atoms with Crippen LogP contribution in [-0.4, -0.2) is 12.4 Å². The van der Waals surface area contributed by atoms with Gasteiger partial charge in [0, 0.05) is 16.7 Å². The van der Waals surface area contributed by atoms with Crippen LogP contribution < -0.4 is 4.74 Å². The molecule has 0 aliphatic carbocycles. The van der Waals surface area contributed by atoms with Crippen LogP contribution in [0.1, 0.15) is 39.5 Å². The summed E-state index contributed by atoms with van der Waals surface area (Å²) in [7, 11) is 0. The molecule has 0 atom stereocenters. The standard InChI is InChI=1S/C26H22O2/c1-18-8-15-26-24(16-18)25(17-28-26)23(14-9-20-6-4-3-5-7-20)22-12-10-21(11-13-22)19(2)27/h3-16H,17H2,1-2H3/b14-9+,25-23+. The SMILES string of the molecule is CC(=O)c1ccc(C(/C=C/c2ccccc2)=C2\COc3ccc(C)cc32)cc1. The summed E-state index contributed by atoms with van der Waals surface area (Å²) in [5.41, 5.74) is 7.57. The lowest BCUT2D eigenvalue weighted by molar-refractivity contribution is 0.101. The Morgan fingerprint density at radius 2 is 1.64 bits per heavy atom. The number of allylic oxidation sites excluding steroid dienone is 2. The summed E-state index contributed by atoms with van der Waals surface area (Å²) in [5.74, 6) is 0.998. The number of fused-ring (bicyclic) bond motifs is 1. The molecule has 1 aliphatic rings. The van der Waals surface area contributed by atoms with E-state index in [1.807, 2.05) is 48.5 Å². The third-order valence-corrected chi connectivity index (χ3v) is 5.00. The average molecular weight is 366 g/mol. The lowest BCUT2D eigenvalue weighted by atomic mass is 9.93. The zero-order valence-electron chi connectivity index (χ0n) is 16.1. The largest absolute Gasteiger partial charge is 0.488 e. The molecule has 1 aliphatic heterocycles. The molecule has 28 heavy (non-hydrogen) atoms. The highest BCUT2D eigenvalue weighted by atomic mass is 16.5. The summed E-state index contributed by atoms with van der Waals surface area (Å²) >= 11 is 0. The number of hydrogen-bond acceptors (Lipinski definition) is 2. The summed E-state index contributed by atoms with van der Waals surface area (Å²) in [6.45, 7) is 4.23. The molecule has 0 aromatic heterocycles. The van der Waals surface area contributed by atoms with Gasteiger partial charge in [-0.3, -0.25) is 4.79 Å². The predicted octanol–water partition coefficient (Wildman–Crippen LogP) is 6.21. The second-order valence-electron chi connectivity index (χ2n) is 7.06. The fourth-order valence-corrected chi connectivity index (χ4v) is 3.46. The van der Waals surface area contributed by atoms with Crippen molar-refractivity contribution in [2.75, 3.05) is 6.61 Å². The van der Waals surface area contributed by atoms with Crippen molar-refractivity contribution in [3.8, 4) is 5.75 Å². The zero-order chi connectivity index (χ0) is 19.5. The Hall–Kier alpha value is -3.39. The highest BCUT2D eigenvalue weighted by molar-refractivity contribution is 6.01. The molecule has 0 unspecified atom stereocenters. The molecule has 0 N–H and O–H groups in total. The van der Waals surface area contributed by atoms with Crippen LogP contribution in [0, 0.1) is 6.92 Å². The van der Waals surface area contributed by atoms with Crippen molar-refractivity contribution in [3.05, 3.63) is 107 Å². The Labute approximate surface area is 165 Å². The molecule has 4 rings (SSSR count). The van der Waals surface area contributed by atoms with Gasteiger partial charge in [-0.1, -0.05) is 78.4 Å². The van der Waals surface area contributed by atoms with E-state index in [1.165, 1.54) is 11.1 Å². The van der Waals surface area contributed by atoms with Crippen molar-refractivity contribution >= 4 is 23.0 Å². The highest BCUT2D eigenvalue weighted by Crippen LogP contribution is 2.39. The summed E-state index contributed by atoms with van der Waals surface area (Å²) in [6.07, 6.45) is 4.27. The number of rotatable bonds is 4. The Morgan fingerprint density at radius 1 is 0.929 bits per heavy atom. The number of Topliss-reactive ketones (excluding diaryl/α,β-unsaturated/α-hetero) is 1. The van der Waals surface area contributed by atoms with Gasteiger partial charge < -0.3 is 4.74 Å². The Bertz CT molecular complexity index is 1070. The Kier molecular flexibility index (Phi) is 4.94. The fraction of sp³-hybridized carbons (Fsp3) is 0.115. The summed E-state index contributed by atoms with van der Waals surface area (Å²) in [6, 6.07) is 24.4. The quantitative estimate of drug-likeness (QED) is 0.513. The van der Waals surface area contributed by atoms with Crippen LogP contribution in [0.2, 0.25) is 0 Å². The first-order chi connectivity index (χ1) is 13.6. The van der Waals surface area contributed by atoms with Crippen LogP contribution in [-0.2, 0) is 0 Å². The molecule has 0 bridgehead atoms. The molecule has 3 aromatic rings. The van der Waals surface area contributed by atoms with E-state index in [0.29, 0.717) is 6.61 Å². The topological polar surface area (TPSA) is 26.3 Å². The van der Waals surface area contributed by atoms with E-state index in [0.717, 1.165) is 33.6 Å². The van der Waals surface area contributed by atoms with Crippen LogP contribution >= 0.6 is 0 Å². The van der Waals surface area contributed by atoms with E-state index in [4.69, 9.17) is 4.74 Å². The second kappa shape index (κ2) is 7.69. The molecule has 2 heteroatoms. The van der Waals surface area contributed by atoms with Gasteiger partial charge in [-0.25, -0.2) is 0 Å². The van der Waals surface area contributed by atoms with Crippen molar-refractivity contribution in [1.29, 1.82) is 0 Å². The van der Waals surface area contributed by atoms with E-state index in [1.54, 1.807) is 6.92 Å². The van der Waals surface area contributed by atoms with Gasteiger partial charge in [0.2, 0.25) is 0 Å². The summed E-state index contributed by atoms with van der Waals surface area (Å²) in [4.78, 5) is 11.6. The number of carbonyl (C=O) groups excluding carboxylic acids is 1. The number of carbonyl (C=O) groups is 1. The van der Waals surface area contributed by atoms with Crippen molar-refractivity contribution in [3.63, 3.8) is 0 Å². The van der Waals surface area contributed by atoms with E-state index in [2.05, 4.69) is 43.3 Å². The third kappa shape index (κ3) is 3.67. The van der Waals surface area contributed by atoms with Crippen LogP contribution in [0.3, 0.4) is 0 Å². The molecule has 0 radical (unpaired) electrons. The number of aryl methyl sites for hydroxylation is 1. The first-order valence-electron chi connectivity index (χ1n) is 9.43. The maximum absolute atomic E-state index is 11.6. The lowest BCUT2D eigenvalue weighted by Crippen LogP contribution is -1.95.